The molecule has 0 aliphatic rings. The van der Waals surface area contributed by atoms with Gasteiger partial charge in [0.25, 0.3) is 5.69 Å². The van der Waals surface area contributed by atoms with Crippen LogP contribution in [-0.2, 0) is 40.1 Å². The number of ether oxygens (including phenoxy) is 1. The van der Waals surface area contributed by atoms with Crippen LogP contribution >= 0.6 is 0 Å². The van der Waals surface area contributed by atoms with Crippen molar-refractivity contribution in [2.24, 2.45) is 5.41 Å². The first kappa shape index (κ1) is 36.3. The molecule has 19 heteroatoms. The molecule has 0 amide bonds. The first-order chi connectivity index (χ1) is 20.0. The van der Waals surface area contributed by atoms with Crippen LogP contribution in [-0.4, -0.2) is 152 Å². The Morgan fingerprint density at radius 3 is 1.19 bits per heavy atom. The maximum atomic E-state index is 11.5. The van der Waals surface area contributed by atoms with Crippen LogP contribution in [0.15, 0.2) is 24.3 Å². The molecule has 0 aliphatic carbocycles. The molecule has 19 nitrogen and oxygen atoms in total. The van der Waals surface area contributed by atoms with Gasteiger partial charge in [-0.25, -0.2) is 0 Å². The van der Waals surface area contributed by atoms with Gasteiger partial charge in [0.05, 0.1) is 57.4 Å². The van der Waals surface area contributed by atoms with Gasteiger partial charge >= 0.3 is 35.8 Å². The zero-order chi connectivity index (χ0) is 32.7. The number of nitro benzene ring substituents is 1. The lowest BCUT2D eigenvalue weighted by Crippen LogP contribution is -2.57. The van der Waals surface area contributed by atoms with Gasteiger partial charge in [-0.05, 0) is 17.7 Å². The highest BCUT2D eigenvalue weighted by Crippen LogP contribution is 2.25. The molecule has 43 heavy (non-hydrogen) atoms. The van der Waals surface area contributed by atoms with Crippen molar-refractivity contribution >= 4 is 41.5 Å². The van der Waals surface area contributed by atoms with E-state index in [1.54, 1.807) is 0 Å². The van der Waals surface area contributed by atoms with Crippen molar-refractivity contribution in [2.75, 3.05) is 65.5 Å². The van der Waals surface area contributed by atoms with Gasteiger partial charge in [-0.15, -0.1) is 0 Å². The molecule has 1 aromatic carbocycles. The fraction of sp³-hybridized carbons (Fsp3) is 0.500. The van der Waals surface area contributed by atoms with Gasteiger partial charge in [0, 0.05) is 37.2 Å². The van der Waals surface area contributed by atoms with Gasteiger partial charge in [0.15, 0.2) is 0 Å². The molecule has 0 aliphatic heterocycles. The normalized spacial score (nSPS) is 11.5. The molecule has 0 aromatic heterocycles. The summed E-state index contributed by atoms with van der Waals surface area (Å²) in [5.41, 5.74) is -1.48. The SMILES string of the molecule is O=C(O)CN(CC(=O)O)CC(COCc1ccc([N+](=O)[O-])cc1)(CN(CC(=O)O)CC(=O)O)CN(CC(=O)O)CC(=O)O. The molecule has 0 spiro atoms. The number of non-ortho nitro benzene ring substituents is 1. The minimum absolute atomic E-state index is 0.216. The zero-order valence-corrected chi connectivity index (χ0v) is 22.7. The first-order valence-corrected chi connectivity index (χ1v) is 12.3. The van der Waals surface area contributed by atoms with Gasteiger partial charge in [0.1, 0.15) is 0 Å². The maximum Gasteiger partial charge on any atom is 0.317 e. The molecule has 0 atom stereocenters. The second-order valence-electron chi connectivity index (χ2n) is 9.71. The number of rotatable bonds is 23. The van der Waals surface area contributed by atoms with E-state index in [2.05, 4.69) is 0 Å². The van der Waals surface area contributed by atoms with Gasteiger partial charge < -0.3 is 35.4 Å². The maximum absolute atomic E-state index is 11.5. The third kappa shape index (κ3) is 15.2. The lowest BCUT2D eigenvalue weighted by molar-refractivity contribution is -0.384. The third-order valence-electron chi connectivity index (χ3n) is 5.65. The number of nitrogens with zero attached hydrogens (tertiary/aromatic N) is 4. The molecule has 1 rings (SSSR count). The Labute approximate surface area is 243 Å². The van der Waals surface area contributed by atoms with E-state index in [1.165, 1.54) is 24.3 Å². The van der Waals surface area contributed by atoms with Crippen molar-refractivity contribution in [1.29, 1.82) is 0 Å². The quantitative estimate of drug-likeness (QED) is 0.0603. The predicted molar refractivity (Wildman–Crippen MR) is 140 cm³/mol. The minimum Gasteiger partial charge on any atom is -0.480 e. The zero-order valence-electron chi connectivity index (χ0n) is 22.7. The van der Waals surface area contributed by atoms with Crippen molar-refractivity contribution in [3.63, 3.8) is 0 Å². The van der Waals surface area contributed by atoms with Crippen molar-refractivity contribution in [1.82, 2.24) is 14.7 Å². The predicted octanol–water partition coefficient (Wildman–Crippen LogP) is -1.49. The Kier molecular flexibility index (Phi) is 14.6. The second-order valence-corrected chi connectivity index (χ2v) is 9.71. The average Bonchev–Trinajstić information content (AvgIpc) is 2.81. The highest BCUT2D eigenvalue weighted by Gasteiger charge is 2.39. The number of carbonyl (C=O) groups is 6. The number of aliphatic carboxylic acids is 6. The van der Waals surface area contributed by atoms with Crippen LogP contribution in [0, 0.1) is 15.5 Å². The first-order valence-electron chi connectivity index (χ1n) is 12.3. The monoisotopic (exact) mass is 616 g/mol. The van der Waals surface area contributed by atoms with Gasteiger partial charge in [-0.1, -0.05) is 0 Å². The smallest absolute Gasteiger partial charge is 0.317 e. The number of benzene rings is 1. The molecule has 0 fully saturated rings. The topological polar surface area (TPSA) is 286 Å². The van der Waals surface area contributed by atoms with E-state index in [9.17, 15) is 69.5 Å². The number of carboxylic acids is 6. The van der Waals surface area contributed by atoms with Crippen LogP contribution in [0.2, 0.25) is 0 Å². The molecule has 0 bridgehead atoms. The Bertz CT molecular complexity index is 1030. The summed E-state index contributed by atoms with van der Waals surface area (Å²) >= 11 is 0. The number of hydrogen-bond acceptors (Lipinski definition) is 12. The molecule has 0 saturated carbocycles. The van der Waals surface area contributed by atoms with E-state index in [-0.39, 0.29) is 12.3 Å². The summed E-state index contributed by atoms with van der Waals surface area (Å²) in [4.78, 5) is 82.2. The lowest BCUT2D eigenvalue weighted by Gasteiger charge is -2.42. The summed E-state index contributed by atoms with van der Waals surface area (Å²) in [7, 11) is 0. The van der Waals surface area contributed by atoms with E-state index in [0.29, 0.717) is 5.56 Å². The summed E-state index contributed by atoms with van der Waals surface area (Å²) in [6.07, 6.45) is 0. The van der Waals surface area contributed by atoms with E-state index in [0.717, 1.165) is 14.7 Å². The summed E-state index contributed by atoms with van der Waals surface area (Å²) in [5, 5.41) is 67.2. The van der Waals surface area contributed by atoms with E-state index < -0.39 is 112 Å². The third-order valence-corrected chi connectivity index (χ3v) is 5.65. The molecular weight excluding hydrogens is 584 g/mol. The van der Waals surface area contributed by atoms with E-state index >= 15 is 0 Å². The Morgan fingerprint density at radius 2 is 0.930 bits per heavy atom. The highest BCUT2D eigenvalue weighted by atomic mass is 16.6. The van der Waals surface area contributed by atoms with Gasteiger partial charge in [-0.3, -0.25) is 53.6 Å². The number of nitro groups is 1. The summed E-state index contributed by atoms with van der Waals surface area (Å²) in [6, 6.07) is 5.11. The highest BCUT2D eigenvalue weighted by molar-refractivity contribution is 5.74. The molecule has 0 unspecified atom stereocenters. The van der Waals surface area contributed by atoms with Crippen LogP contribution in [0.1, 0.15) is 5.56 Å². The number of carboxylic acid groups (broad SMARTS) is 6. The Balaban J connectivity index is 3.63. The minimum atomic E-state index is -1.68. The van der Waals surface area contributed by atoms with Crippen LogP contribution < -0.4 is 0 Å². The molecule has 0 radical (unpaired) electrons. The van der Waals surface area contributed by atoms with Crippen molar-refractivity contribution in [3.05, 3.63) is 39.9 Å². The summed E-state index contributed by atoms with van der Waals surface area (Å²) in [6.45, 7) is -7.51. The fourth-order valence-corrected chi connectivity index (χ4v) is 4.46. The van der Waals surface area contributed by atoms with Gasteiger partial charge in [-0.2, -0.15) is 0 Å². The summed E-state index contributed by atoms with van der Waals surface area (Å²) in [5.74, 6) is -8.73. The van der Waals surface area contributed by atoms with Crippen LogP contribution in [0.3, 0.4) is 0 Å². The van der Waals surface area contributed by atoms with E-state index in [1.807, 2.05) is 0 Å². The molecule has 6 N–H and O–H groups in total. The van der Waals surface area contributed by atoms with Crippen LogP contribution in [0.5, 0.6) is 0 Å². The average molecular weight is 617 g/mol. The number of hydrogen-bond donors (Lipinski definition) is 6. The molecule has 238 valence electrons. The van der Waals surface area contributed by atoms with Crippen LogP contribution in [0.4, 0.5) is 5.69 Å². The van der Waals surface area contributed by atoms with Gasteiger partial charge in [0.2, 0.25) is 0 Å². The molecule has 0 saturated heterocycles. The largest absolute Gasteiger partial charge is 0.480 e. The fourth-order valence-electron chi connectivity index (χ4n) is 4.46. The lowest BCUT2D eigenvalue weighted by atomic mass is 9.85. The Morgan fingerprint density at radius 1 is 0.628 bits per heavy atom. The summed E-state index contributed by atoms with van der Waals surface area (Å²) < 4.78 is 5.78. The molecular formula is C24H32N4O15. The molecule has 1 aromatic rings. The Hall–Kier alpha value is -4.72. The second kappa shape index (κ2) is 17.3. The van der Waals surface area contributed by atoms with Crippen molar-refractivity contribution < 1.29 is 69.1 Å². The van der Waals surface area contributed by atoms with E-state index in [4.69, 9.17) is 4.74 Å². The van der Waals surface area contributed by atoms with Crippen LogP contribution in [0.25, 0.3) is 0 Å². The standard InChI is InChI=1S/C24H32N4O15/c29-18(30)5-25(6-19(31)32)12-24(13-26(7-20(33)34)8-21(35)36,14-27(9-22(37)38)10-23(39)40)15-43-11-16-1-3-17(4-2-16)28(41)42/h1-4H,5-15H2,(H,29,30)(H,31,32)(H,33,34)(H,35,36)(H,37,38)(H,39,40). The molecule has 0 heterocycles. The van der Waals surface area contributed by atoms with Crippen molar-refractivity contribution in [3.8, 4) is 0 Å². The van der Waals surface area contributed by atoms with Crippen molar-refractivity contribution in [2.45, 2.75) is 6.61 Å².